The maximum atomic E-state index is 13.5. The predicted molar refractivity (Wildman–Crippen MR) is 67.0 cm³/mol. The molecule has 0 spiro atoms. The monoisotopic (exact) mass is 297 g/mol. The van der Waals surface area contributed by atoms with Crippen molar-refractivity contribution in [2.75, 3.05) is 18.7 Å². The highest BCUT2D eigenvalue weighted by Gasteiger charge is 2.25. The van der Waals surface area contributed by atoms with E-state index in [9.17, 15) is 17.2 Å². The standard InChI is InChI=1S/C11H14ClF2NO2S/c1-8(15(2)18(16,17)6-5-12)10-7-9(13)3-4-11(10)14/h3-4,7-8H,5-6H2,1-2H3. The fraction of sp³-hybridized carbons (Fsp3) is 0.455. The number of halogens is 3. The zero-order chi connectivity index (χ0) is 13.9. The lowest BCUT2D eigenvalue weighted by molar-refractivity contribution is 0.386. The maximum Gasteiger partial charge on any atom is 0.215 e. The lowest BCUT2D eigenvalue weighted by Gasteiger charge is -2.24. The molecule has 7 heteroatoms. The topological polar surface area (TPSA) is 37.4 Å². The van der Waals surface area contributed by atoms with Crippen molar-refractivity contribution < 1.29 is 17.2 Å². The predicted octanol–water partition coefficient (Wildman–Crippen LogP) is 2.53. The van der Waals surface area contributed by atoms with Crippen LogP contribution in [-0.4, -0.2) is 31.4 Å². The van der Waals surface area contributed by atoms with Crippen molar-refractivity contribution in [1.82, 2.24) is 4.31 Å². The quantitative estimate of drug-likeness (QED) is 0.783. The van der Waals surface area contributed by atoms with Crippen molar-refractivity contribution in [3.63, 3.8) is 0 Å². The number of nitrogens with zero attached hydrogens (tertiary/aromatic N) is 1. The fourth-order valence-corrected chi connectivity index (χ4v) is 3.18. The molecule has 0 fully saturated rings. The van der Waals surface area contributed by atoms with Gasteiger partial charge in [-0.1, -0.05) is 0 Å². The minimum Gasteiger partial charge on any atom is -0.212 e. The molecule has 1 aromatic rings. The molecular weight excluding hydrogens is 284 g/mol. The van der Waals surface area contributed by atoms with Crippen LogP contribution in [0.15, 0.2) is 18.2 Å². The zero-order valence-corrected chi connectivity index (χ0v) is 11.6. The second-order valence-corrected chi connectivity index (χ2v) is 6.39. The van der Waals surface area contributed by atoms with Crippen molar-refractivity contribution in [3.8, 4) is 0 Å². The number of hydrogen-bond acceptors (Lipinski definition) is 2. The molecule has 3 nitrogen and oxygen atoms in total. The van der Waals surface area contributed by atoms with Crippen LogP contribution < -0.4 is 0 Å². The van der Waals surface area contributed by atoms with E-state index in [-0.39, 0.29) is 17.2 Å². The molecular formula is C11H14ClF2NO2S. The number of hydrogen-bond donors (Lipinski definition) is 0. The fourth-order valence-electron chi connectivity index (χ4n) is 1.51. The molecule has 0 saturated carbocycles. The zero-order valence-electron chi connectivity index (χ0n) is 10.0. The van der Waals surface area contributed by atoms with E-state index in [1.165, 1.54) is 14.0 Å². The lowest BCUT2D eigenvalue weighted by atomic mass is 10.1. The van der Waals surface area contributed by atoms with Crippen LogP contribution in [0.4, 0.5) is 8.78 Å². The van der Waals surface area contributed by atoms with E-state index in [1.54, 1.807) is 0 Å². The van der Waals surface area contributed by atoms with E-state index in [0.29, 0.717) is 0 Å². The summed E-state index contributed by atoms with van der Waals surface area (Å²) in [6, 6.07) is 2.16. The first-order valence-electron chi connectivity index (χ1n) is 5.26. The van der Waals surface area contributed by atoms with Gasteiger partial charge in [-0.2, -0.15) is 4.31 Å². The molecule has 102 valence electrons. The normalized spacial score (nSPS) is 13.9. The Morgan fingerprint density at radius 2 is 2.00 bits per heavy atom. The van der Waals surface area contributed by atoms with Crippen molar-refractivity contribution in [3.05, 3.63) is 35.4 Å². The summed E-state index contributed by atoms with van der Waals surface area (Å²) >= 11 is 5.40. The van der Waals surface area contributed by atoms with Gasteiger partial charge in [-0.25, -0.2) is 17.2 Å². The molecule has 0 saturated heterocycles. The molecule has 1 rings (SSSR count). The average Bonchev–Trinajstić information content (AvgIpc) is 2.30. The van der Waals surface area contributed by atoms with Gasteiger partial charge in [0.05, 0.1) is 5.75 Å². The minimum atomic E-state index is -3.58. The molecule has 0 aromatic heterocycles. The molecule has 18 heavy (non-hydrogen) atoms. The van der Waals surface area contributed by atoms with Gasteiger partial charge >= 0.3 is 0 Å². The summed E-state index contributed by atoms with van der Waals surface area (Å²) in [5, 5.41) is 0. The first-order valence-corrected chi connectivity index (χ1v) is 7.40. The van der Waals surface area contributed by atoms with E-state index < -0.39 is 27.7 Å². The van der Waals surface area contributed by atoms with Gasteiger partial charge in [-0.05, 0) is 25.1 Å². The third-order valence-corrected chi connectivity index (χ3v) is 5.05. The Kier molecular flexibility index (Phi) is 5.07. The Morgan fingerprint density at radius 1 is 1.39 bits per heavy atom. The largest absolute Gasteiger partial charge is 0.215 e. The number of alkyl halides is 1. The van der Waals surface area contributed by atoms with Crippen LogP contribution in [0.5, 0.6) is 0 Å². The van der Waals surface area contributed by atoms with Gasteiger partial charge in [0.2, 0.25) is 10.0 Å². The highest BCUT2D eigenvalue weighted by atomic mass is 35.5. The Labute approximate surface area is 110 Å². The van der Waals surface area contributed by atoms with E-state index in [2.05, 4.69) is 0 Å². The van der Waals surface area contributed by atoms with Gasteiger partial charge in [0.1, 0.15) is 11.6 Å². The molecule has 0 bridgehead atoms. The van der Waals surface area contributed by atoms with Crippen LogP contribution in [0.3, 0.4) is 0 Å². The Hall–Kier alpha value is -0.720. The highest BCUT2D eigenvalue weighted by Crippen LogP contribution is 2.25. The maximum absolute atomic E-state index is 13.5. The summed E-state index contributed by atoms with van der Waals surface area (Å²) in [6.45, 7) is 1.49. The van der Waals surface area contributed by atoms with Crippen LogP contribution in [0.1, 0.15) is 18.5 Å². The van der Waals surface area contributed by atoms with Gasteiger partial charge in [0, 0.05) is 24.5 Å². The number of benzene rings is 1. The van der Waals surface area contributed by atoms with Crippen LogP contribution in [0.2, 0.25) is 0 Å². The minimum absolute atomic E-state index is 0.00403. The summed E-state index contributed by atoms with van der Waals surface area (Å²) in [5.41, 5.74) is -0.00403. The molecule has 1 unspecified atom stereocenters. The molecule has 1 atom stereocenters. The van der Waals surface area contributed by atoms with E-state index in [4.69, 9.17) is 11.6 Å². The van der Waals surface area contributed by atoms with Gasteiger partial charge in [-0.15, -0.1) is 11.6 Å². The molecule has 0 aliphatic heterocycles. The van der Waals surface area contributed by atoms with Crippen molar-refractivity contribution in [2.24, 2.45) is 0 Å². The van der Waals surface area contributed by atoms with Gasteiger partial charge in [0.15, 0.2) is 0 Å². The molecule has 0 aliphatic rings. The second kappa shape index (κ2) is 5.95. The molecule has 0 N–H and O–H groups in total. The highest BCUT2D eigenvalue weighted by molar-refractivity contribution is 7.89. The summed E-state index contributed by atoms with van der Waals surface area (Å²) in [7, 11) is -2.26. The van der Waals surface area contributed by atoms with Crippen LogP contribution >= 0.6 is 11.6 Å². The number of sulfonamides is 1. The van der Waals surface area contributed by atoms with Crippen molar-refractivity contribution >= 4 is 21.6 Å². The van der Waals surface area contributed by atoms with Crippen LogP contribution in [0.25, 0.3) is 0 Å². The molecule has 0 aliphatic carbocycles. The van der Waals surface area contributed by atoms with Crippen molar-refractivity contribution in [1.29, 1.82) is 0 Å². The molecule has 1 aromatic carbocycles. The summed E-state index contributed by atoms with van der Waals surface area (Å²) in [6.07, 6.45) is 0. The Morgan fingerprint density at radius 3 is 2.56 bits per heavy atom. The summed E-state index contributed by atoms with van der Waals surface area (Å²) in [5.74, 6) is -1.55. The Bertz CT molecular complexity index is 522. The molecule has 0 amide bonds. The average molecular weight is 298 g/mol. The summed E-state index contributed by atoms with van der Waals surface area (Å²) < 4.78 is 51.1. The van der Waals surface area contributed by atoms with Gasteiger partial charge in [0.25, 0.3) is 0 Å². The van der Waals surface area contributed by atoms with Gasteiger partial charge in [-0.3, -0.25) is 0 Å². The van der Waals surface area contributed by atoms with Crippen molar-refractivity contribution in [2.45, 2.75) is 13.0 Å². The number of rotatable bonds is 5. The van der Waals surface area contributed by atoms with Crippen LogP contribution in [-0.2, 0) is 10.0 Å². The second-order valence-electron chi connectivity index (χ2n) is 3.86. The third-order valence-electron chi connectivity index (χ3n) is 2.73. The molecule has 0 heterocycles. The smallest absolute Gasteiger partial charge is 0.212 e. The Balaban J connectivity index is 3.07. The van der Waals surface area contributed by atoms with E-state index in [1.807, 2.05) is 0 Å². The third kappa shape index (κ3) is 3.40. The van der Waals surface area contributed by atoms with E-state index >= 15 is 0 Å². The van der Waals surface area contributed by atoms with Crippen LogP contribution in [0, 0.1) is 11.6 Å². The first kappa shape index (κ1) is 15.3. The van der Waals surface area contributed by atoms with Gasteiger partial charge < -0.3 is 0 Å². The summed E-state index contributed by atoms with van der Waals surface area (Å²) in [4.78, 5) is 0. The molecule has 0 radical (unpaired) electrons. The lowest BCUT2D eigenvalue weighted by Crippen LogP contribution is -2.32. The van der Waals surface area contributed by atoms with E-state index in [0.717, 1.165) is 22.5 Å². The SMILES string of the molecule is CC(c1cc(F)ccc1F)N(C)S(=O)(=O)CCCl. The first-order chi connectivity index (χ1) is 8.29.